The lowest BCUT2D eigenvalue weighted by Gasteiger charge is -2.21. The van der Waals surface area contributed by atoms with Gasteiger partial charge in [-0.1, -0.05) is 6.07 Å². The molecule has 0 bridgehead atoms. The van der Waals surface area contributed by atoms with Crippen LogP contribution < -0.4 is 9.46 Å². The molecule has 1 aromatic rings. The molecular formula is C12H16F3NO2S. The Labute approximate surface area is 112 Å². The first kappa shape index (κ1) is 16.0. The molecule has 0 aliphatic rings. The number of hydrogen-bond donors (Lipinski definition) is 1. The predicted octanol–water partition coefficient (Wildman–Crippen LogP) is 3.30. The number of alkyl halides is 3. The summed E-state index contributed by atoms with van der Waals surface area (Å²) in [5.41, 5.74) is 0.0985. The zero-order chi connectivity index (χ0) is 14.8. The van der Waals surface area contributed by atoms with Crippen molar-refractivity contribution in [2.75, 3.05) is 0 Å². The van der Waals surface area contributed by atoms with E-state index in [9.17, 15) is 17.4 Å². The zero-order valence-electron chi connectivity index (χ0n) is 11.1. The van der Waals surface area contributed by atoms with E-state index < -0.39 is 28.6 Å². The average Bonchev–Trinajstić information content (AvgIpc) is 2.11. The SMILES string of the molecule is Cc1ccc(S(=O)NC(C)(C)C)c(OC(F)(F)F)c1. The van der Waals surface area contributed by atoms with E-state index in [2.05, 4.69) is 9.46 Å². The standard InChI is InChI=1S/C12H16F3NO2S/c1-8-5-6-10(19(17)16-11(2,3)4)9(7-8)18-12(13,14)15/h5-7,16H,1-4H3. The molecule has 1 N–H and O–H groups in total. The maximum Gasteiger partial charge on any atom is 0.573 e. The Morgan fingerprint density at radius 3 is 2.26 bits per heavy atom. The Bertz CT molecular complexity index is 481. The van der Waals surface area contributed by atoms with E-state index in [1.54, 1.807) is 33.8 Å². The van der Waals surface area contributed by atoms with E-state index in [-0.39, 0.29) is 4.90 Å². The number of ether oxygens (including phenoxy) is 1. The number of rotatable bonds is 3. The first-order valence-electron chi connectivity index (χ1n) is 5.54. The maximum absolute atomic E-state index is 12.3. The fourth-order valence-corrected chi connectivity index (χ4v) is 2.45. The number of hydrogen-bond acceptors (Lipinski definition) is 2. The van der Waals surface area contributed by atoms with E-state index in [4.69, 9.17) is 0 Å². The van der Waals surface area contributed by atoms with Crippen molar-refractivity contribution in [1.29, 1.82) is 0 Å². The third-order valence-electron chi connectivity index (χ3n) is 1.92. The average molecular weight is 295 g/mol. The van der Waals surface area contributed by atoms with Gasteiger partial charge in [-0.2, -0.15) is 0 Å². The smallest absolute Gasteiger partial charge is 0.404 e. The molecule has 3 nitrogen and oxygen atoms in total. The first-order chi connectivity index (χ1) is 8.48. The minimum Gasteiger partial charge on any atom is -0.404 e. The van der Waals surface area contributed by atoms with Gasteiger partial charge in [-0.05, 0) is 45.4 Å². The molecular weight excluding hydrogens is 279 g/mol. The summed E-state index contributed by atoms with van der Waals surface area (Å²) in [4.78, 5) is -0.0298. The van der Waals surface area contributed by atoms with Gasteiger partial charge in [0, 0.05) is 5.54 Å². The molecule has 0 heterocycles. The molecule has 1 aromatic carbocycles. The molecule has 0 aliphatic carbocycles. The Morgan fingerprint density at radius 1 is 1.21 bits per heavy atom. The van der Waals surface area contributed by atoms with Crippen molar-refractivity contribution in [3.63, 3.8) is 0 Å². The fourth-order valence-electron chi connectivity index (χ4n) is 1.31. The molecule has 0 spiro atoms. The third-order valence-corrected chi connectivity index (χ3v) is 3.46. The summed E-state index contributed by atoms with van der Waals surface area (Å²) in [7, 11) is -1.78. The molecule has 19 heavy (non-hydrogen) atoms. The van der Waals surface area contributed by atoms with Crippen LogP contribution in [0.25, 0.3) is 0 Å². The summed E-state index contributed by atoms with van der Waals surface area (Å²) in [6.07, 6.45) is -4.81. The summed E-state index contributed by atoms with van der Waals surface area (Å²) in [5, 5.41) is 0. The maximum atomic E-state index is 12.3. The monoisotopic (exact) mass is 295 g/mol. The molecule has 1 rings (SSSR count). The molecule has 0 saturated carbocycles. The van der Waals surface area contributed by atoms with Crippen LogP contribution in [0.5, 0.6) is 5.75 Å². The van der Waals surface area contributed by atoms with Gasteiger partial charge in [-0.25, -0.2) is 8.93 Å². The lowest BCUT2D eigenvalue weighted by Crippen LogP contribution is -2.37. The Balaban J connectivity index is 3.10. The molecule has 0 saturated heterocycles. The number of nitrogens with one attached hydrogen (secondary N) is 1. The summed E-state index contributed by atoms with van der Waals surface area (Å²) in [6, 6.07) is 4.16. The molecule has 0 aliphatic heterocycles. The minimum absolute atomic E-state index is 0.0298. The second kappa shape index (κ2) is 5.50. The lowest BCUT2D eigenvalue weighted by atomic mass is 10.1. The van der Waals surface area contributed by atoms with Gasteiger partial charge >= 0.3 is 6.36 Å². The summed E-state index contributed by atoms with van der Waals surface area (Å²) in [5.74, 6) is -0.442. The van der Waals surface area contributed by atoms with Crippen molar-refractivity contribution < 1.29 is 22.1 Å². The molecule has 0 radical (unpaired) electrons. The summed E-state index contributed by atoms with van der Waals surface area (Å²) >= 11 is 0. The van der Waals surface area contributed by atoms with Gasteiger partial charge in [0.05, 0.1) is 4.90 Å². The fraction of sp³-hybridized carbons (Fsp3) is 0.500. The van der Waals surface area contributed by atoms with Crippen LogP contribution in [0.3, 0.4) is 0 Å². The molecule has 0 amide bonds. The van der Waals surface area contributed by atoms with Crippen molar-refractivity contribution in [3.05, 3.63) is 23.8 Å². The van der Waals surface area contributed by atoms with Crippen LogP contribution in [0.4, 0.5) is 13.2 Å². The quantitative estimate of drug-likeness (QED) is 0.929. The van der Waals surface area contributed by atoms with Crippen LogP contribution in [0, 0.1) is 6.92 Å². The topological polar surface area (TPSA) is 38.3 Å². The highest BCUT2D eigenvalue weighted by Crippen LogP contribution is 2.29. The van der Waals surface area contributed by atoms with Crippen LogP contribution in [-0.4, -0.2) is 16.1 Å². The van der Waals surface area contributed by atoms with Crippen LogP contribution in [0.1, 0.15) is 26.3 Å². The van der Waals surface area contributed by atoms with Crippen molar-refractivity contribution >= 4 is 11.0 Å². The van der Waals surface area contributed by atoms with Gasteiger partial charge < -0.3 is 4.74 Å². The van der Waals surface area contributed by atoms with Gasteiger partial charge in [0.2, 0.25) is 0 Å². The highest BCUT2D eigenvalue weighted by Gasteiger charge is 2.33. The van der Waals surface area contributed by atoms with E-state index in [1.165, 1.54) is 12.1 Å². The van der Waals surface area contributed by atoms with Crippen LogP contribution in [0.2, 0.25) is 0 Å². The zero-order valence-corrected chi connectivity index (χ0v) is 11.9. The second-order valence-corrected chi connectivity index (χ2v) is 6.30. The number of halogens is 3. The highest BCUT2D eigenvalue weighted by molar-refractivity contribution is 7.83. The Kier molecular flexibility index (Phi) is 4.63. The second-order valence-electron chi connectivity index (χ2n) is 5.12. The van der Waals surface area contributed by atoms with Gasteiger partial charge in [0.15, 0.2) is 0 Å². The molecule has 1 atom stereocenters. The highest BCUT2D eigenvalue weighted by atomic mass is 32.2. The van der Waals surface area contributed by atoms with Crippen molar-refractivity contribution in [2.45, 2.75) is 44.5 Å². The predicted molar refractivity (Wildman–Crippen MR) is 67.2 cm³/mol. The van der Waals surface area contributed by atoms with E-state index in [1.807, 2.05) is 0 Å². The van der Waals surface area contributed by atoms with E-state index >= 15 is 0 Å². The van der Waals surface area contributed by atoms with Gasteiger partial charge in [0.1, 0.15) is 16.7 Å². The van der Waals surface area contributed by atoms with Crippen molar-refractivity contribution in [2.24, 2.45) is 0 Å². The van der Waals surface area contributed by atoms with Gasteiger partial charge in [-0.3, -0.25) is 0 Å². The normalized spacial score (nSPS) is 14.3. The Hall–Kier alpha value is -1.08. The van der Waals surface area contributed by atoms with E-state index in [0.29, 0.717) is 5.56 Å². The number of benzene rings is 1. The summed E-state index contributed by atoms with van der Waals surface area (Å²) in [6.45, 7) is 6.93. The van der Waals surface area contributed by atoms with Gasteiger partial charge in [-0.15, -0.1) is 13.2 Å². The summed E-state index contributed by atoms with van der Waals surface area (Å²) < 4.78 is 55.6. The van der Waals surface area contributed by atoms with Crippen LogP contribution in [-0.2, 0) is 11.0 Å². The van der Waals surface area contributed by atoms with Gasteiger partial charge in [0.25, 0.3) is 0 Å². The largest absolute Gasteiger partial charge is 0.573 e. The molecule has 7 heteroatoms. The molecule has 0 aromatic heterocycles. The van der Waals surface area contributed by atoms with Crippen LogP contribution >= 0.6 is 0 Å². The number of aryl methyl sites for hydroxylation is 1. The van der Waals surface area contributed by atoms with Crippen molar-refractivity contribution in [3.8, 4) is 5.75 Å². The third kappa shape index (κ3) is 5.61. The molecule has 108 valence electrons. The van der Waals surface area contributed by atoms with Crippen molar-refractivity contribution in [1.82, 2.24) is 4.72 Å². The minimum atomic E-state index is -4.81. The van der Waals surface area contributed by atoms with Crippen LogP contribution in [0.15, 0.2) is 23.1 Å². The lowest BCUT2D eigenvalue weighted by molar-refractivity contribution is -0.275. The molecule has 0 fully saturated rings. The Morgan fingerprint density at radius 2 is 1.79 bits per heavy atom. The first-order valence-corrected chi connectivity index (χ1v) is 6.69. The van der Waals surface area contributed by atoms with E-state index in [0.717, 1.165) is 0 Å². The molecule has 1 unspecified atom stereocenters.